The summed E-state index contributed by atoms with van der Waals surface area (Å²) in [6.07, 6.45) is 0. The van der Waals surface area contributed by atoms with Gasteiger partial charge in [-0.25, -0.2) is 0 Å². The fraction of sp³-hybridized carbons (Fsp3) is 0. The van der Waals surface area contributed by atoms with E-state index in [1.165, 1.54) is 10.7 Å². The Balaban J connectivity index is 2.12. The minimum absolute atomic E-state index is 0.910. The number of nitrogens with zero attached hydrogens (tertiary/aromatic N) is 3. The third-order valence-electron chi connectivity index (χ3n) is 4.32. The maximum atomic E-state index is 4.39. The van der Waals surface area contributed by atoms with E-state index in [0.29, 0.717) is 0 Å². The van der Waals surface area contributed by atoms with Crippen molar-refractivity contribution in [2.24, 2.45) is 0 Å². The van der Waals surface area contributed by atoms with Crippen LogP contribution in [0.5, 0.6) is 0 Å². The molecule has 0 fully saturated rings. The van der Waals surface area contributed by atoms with E-state index >= 15 is 0 Å². The molecule has 1 heterocycles. The number of benzene rings is 3. The molecule has 0 aliphatic carbocycles. The van der Waals surface area contributed by atoms with Crippen LogP contribution in [0.3, 0.4) is 0 Å². The van der Waals surface area contributed by atoms with E-state index in [1.807, 2.05) is 0 Å². The molecule has 0 saturated carbocycles. The molecule has 24 heavy (non-hydrogen) atoms. The summed E-state index contributed by atoms with van der Waals surface area (Å²) in [5.41, 5.74) is 0. The fourth-order valence-corrected chi connectivity index (χ4v) is 15.6. The van der Waals surface area contributed by atoms with Gasteiger partial charge < -0.3 is 0 Å². The predicted octanol–water partition coefficient (Wildman–Crippen LogP) is 0.577. The molecule has 0 unspecified atom stereocenters. The van der Waals surface area contributed by atoms with Crippen molar-refractivity contribution in [1.82, 2.24) is 20.6 Å². The average molecular weight is 419 g/mol. The summed E-state index contributed by atoms with van der Waals surface area (Å²) in [6, 6.07) is 32.0. The van der Waals surface area contributed by atoms with Gasteiger partial charge in [-0.2, -0.15) is 0 Å². The molecule has 4 nitrogen and oxygen atoms in total. The van der Waals surface area contributed by atoms with Crippen molar-refractivity contribution >= 4 is 33.0 Å². The van der Waals surface area contributed by atoms with E-state index in [0.717, 1.165) is 3.84 Å². The van der Waals surface area contributed by atoms with Gasteiger partial charge >= 0.3 is 145 Å². The van der Waals surface area contributed by atoms with Crippen molar-refractivity contribution in [2.45, 2.75) is 0 Å². The molecule has 0 saturated heterocycles. The summed E-state index contributed by atoms with van der Waals surface area (Å²) in [5, 5.41) is 15.3. The van der Waals surface area contributed by atoms with E-state index in [-0.39, 0.29) is 0 Å². The van der Waals surface area contributed by atoms with Crippen molar-refractivity contribution in [3.63, 3.8) is 0 Å². The summed E-state index contributed by atoms with van der Waals surface area (Å²) in [5.74, 6) is 0. The summed E-state index contributed by atoms with van der Waals surface area (Å²) < 4.78 is 4.88. The fourth-order valence-electron chi connectivity index (χ4n) is 3.29. The van der Waals surface area contributed by atoms with Crippen molar-refractivity contribution in [1.29, 1.82) is 0 Å². The van der Waals surface area contributed by atoms with E-state index < -0.39 is 18.4 Å². The molecule has 4 rings (SSSR count). The van der Waals surface area contributed by atoms with Gasteiger partial charge in [0.15, 0.2) is 0 Å². The van der Waals surface area contributed by atoms with Gasteiger partial charge in [-0.1, -0.05) is 0 Å². The van der Waals surface area contributed by atoms with E-state index in [2.05, 4.69) is 112 Å². The van der Waals surface area contributed by atoms with Crippen LogP contribution in [0.4, 0.5) is 0 Å². The standard InChI is InChI=1S/3C6H5.CHN4.Sn/c3*1-2-4-6-5-3-1;1-2-4-5-3-1;/h3*1-5H;(H,2,3,4,5);. The Hall–Kier alpha value is -2.47. The van der Waals surface area contributed by atoms with Gasteiger partial charge in [-0.3, -0.25) is 0 Å². The molecule has 1 aromatic heterocycles. The molecule has 1 N–H and O–H groups in total. The molecule has 0 aliphatic rings. The Bertz CT molecular complexity index is 797. The first kappa shape index (κ1) is 15.1. The van der Waals surface area contributed by atoms with Gasteiger partial charge in [0.05, 0.1) is 0 Å². The Morgan fingerprint density at radius 2 is 1.00 bits per heavy atom. The molecule has 0 spiro atoms. The number of tetrazole rings is 1. The number of nitrogens with one attached hydrogen (secondary N) is 1. The molecule has 116 valence electrons. The maximum absolute atomic E-state index is 4.39. The number of H-pyrrole nitrogens is 1. The Morgan fingerprint density at radius 3 is 1.33 bits per heavy atom. The second-order valence-electron chi connectivity index (χ2n) is 5.60. The molecule has 5 heteroatoms. The topological polar surface area (TPSA) is 54.5 Å². The average Bonchev–Trinajstić information content (AvgIpc) is 3.20. The zero-order chi connectivity index (χ0) is 16.2. The number of aromatic amines is 1. The molecule has 0 amide bonds. The van der Waals surface area contributed by atoms with Gasteiger partial charge in [0.25, 0.3) is 0 Å². The quantitative estimate of drug-likeness (QED) is 0.493. The zero-order valence-electron chi connectivity index (χ0n) is 13.0. The molecular weight excluding hydrogens is 403 g/mol. The van der Waals surface area contributed by atoms with Crippen LogP contribution in [0.25, 0.3) is 0 Å². The van der Waals surface area contributed by atoms with Crippen LogP contribution in [0, 0.1) is 0 Å². The van der Waals surface area contributed by atoms with Crippen molar-refractivity contribution < 1.29 is 0 Å². The van der Waals surface area contributed by atoms with Crippen LogP contribution in [-0.2, 0) is 0 Å². The Morgan fingerprint density at radius 1 is 0.583 bits per heavy atom. The number of rotatable bonds is 4. The van der Waals surface area contributed by atoms with Gasteiger partial charge in [-0.15, -0.1) is 0 Å². The summed E-state index contributed by atoms with van der Waals surface area (Å²) >= 11 is -3.54. The molecule has 3 aromatic carbocycles. The van der Waals surface area contributed by atoms with Crippen LogP contribution < -0.4 is 14.6 Å². The van der Waals surface area contributed by atoms with Crippen molar-refractivity contribution in [3.05, 3.63) is 91.0 Å². The zero-order valence-corrected chi connectivity index (χ0v) is 15.9. The number of hydrogen-bond acceptors (Lipinski definition) is 3. The molecular formula is C19H16N4Sn. The van der Waals surface area contributed by atoms with Crippen LogP contribution in [0.1, 0.15) is 0 Å². The Labute approximate surface area is 144 Å². The first-order chi connectivity index (χ1) is 11.9. The van der Waals surface area contributed by atoms with Crippen molar-refractivity contribution in [3.8, 4) is 0 Å². The molecule has 4 aromatic rings. The van der Waals surface area contributed by atoms with Crippen LogP contribution in [-0.4, -0.2) is 39.0 Å². The van der Waals surface area contributed by atoms with E-state index in [9.17, 15) is 0 Å². The van der Waals surface area contributed by atoms with Crippen LogP contribution >= 0.6 is 0 Å². The third-order valence-corrected chi connectivity index (χ3v) is 17.2. The van der Waals surface area contributed by atoms with E-state index in [1.54, 1.807) is 0 Å². The molecule has 0 radical (unpaired) electrons. The predicted molar refractivity (Wildman–Crippen MR) is 97.8 cm³/mol. The summed E-state index contributed by atoms with van der Waals surface area (Å²) in [4.78, 5) is 0. The summed E-state index contributed by atoms with van der Waals surface area (Å²) in [7, 11) is 0. The van der Waals surface area contributed by atoms with Gasteiger partial charge in [0, 0.05) is 0 Å². The monoisotopic (exact) mass is 420 g/mol. The minimum atomic E-state index is -3.54. The van der Waals surface area contributed by atoms with Crippen LogP contribution in [0.15, 0.2) is 91.0 Å². The third kappa shape index (κ3) is 2.43. The normalized spacial score (nSPS) is 11.3. The summed E-state index contributed by atoms with van der Waals surface area (Å²) in [6.45, 7) is 0. The Kier molecular flexibility index (Phi) is 4.13. The second-order valence-corrected chi connectivity index (χ2v) is 16.2. The molecule has 0 atom stereocenters. The SMILES string of the molecule is c1cc[c]([Sn]([c]2ccccc2)([c]2ccccc2)[c]2nnn[nH]2)cc1. The number of aromatic nitrogens is 4. The van der Waals surface area contributed by atoms with Crippen molar-refractivity contribution in [2.75, 3.05) is 0 Å². The van der Waals surface area contributed by atoms with E-state index in [4.69, 9.17) is 0 Å². The van der Waals surface area contributed by atoms with Gasteiger partial charge in [0.2, 0.25) is 0 Å². The number of hydrogen-bond donors (Lipinski definition) is 1. The first-order valence-corrected chi connectivity index (χ1v) is 13.5. The molecule has 0 aliphatic heterocycles. The van der Waals surface area contributed by atoms with Gasteiger partial charge in [-0.05, 0) is 0 Å². The second kappa shape index (κ2) is 6.57. The molecule has 0 bridgehead atoms. The van der Waals surface area contributed by atoms with Crippen LogP contribution in [0.2, 0.25) is 0 Å². The van der Waals surface area contributed by atoms with Gasteiger partial charge in [0.1, 0.15) is 0 Å². The first-order valence-electron chi connectivity index (χ1n) is 7.83.